The van der Waals surface area contributed by atoms with Gasteiger partial charge in [-0.1, -0.05) is 36.2 Å². The summed E-state index contributed by atoms with van der Waals surface area (Å²) in [5.41, 5.74) is 3.73. The first kappa shape index (κ1) is 17.7. The van der Waals surface area contributed by atoms with Crippen LogP contribution < -0.4 is 5.32 Å². The van der Waals surface area contributed by atoms with Crippen molar-refractivity contribution in [2.45, 2.75) is 45.3 Å². The molecule has 2 N–H and O–H groups in total. The van der Waals surface area contributed by atoms with Gasteiger partial charge in [-0.05, 0) is 43.5 Å². The highest BCUT2D eigenvalue weighted by atomic mass is 19.1. The standard InChI is InChI=1S/C22H23FN2O2/c1-14-5-7-15(8-6-14)13-25-20-11-16(23)9-10-18(20)19(21(25)22(26)27)12-24-17-3-2-4-17/h5-11,17,24H,2-4,12-13H2,1H3,(H,26,27). The highest BCUT2D eigenvalue weighted by Gasteiger charge is 2.24. The van der Waals surface area contributed by atoms with E-state index in [4.69, 9.17) is 0 Å². The Morgan fingerprint density at radius 1 is 1.22 bits per heavy atom. The van der Waals surface area contributed by atoms with E-state index in [1.807, 2.05) is 31.2 Å². The number of nitrogens with zero attached hydrogens (tertiary/aromatic N) is 1. The van der Waals surface area contributed by atoms with E-state index >= 15 is 0 Å². The quantitative estimate of drug-likeness (QED) is 0.676. The lowest BCUT2D eigenvalue weighted by atomic mass is 9.93. The van der Waals surface area contributed by atoms with Gasteiger partial charge >= 0.3 is 5.97 Å². The summed E-state index contributed by atoms with van der Waals surface area (Å²) in [5, 5.41) is 14.2. The molecule has 2 aromatic carbocycles. The summed E-state index contributed by atoms with van der Waals surface area (Å²) in [6, 6.07) is 12.9. The number of aromatic nitrogens is 1. The van der Waals surface area contributed by atoms with E-state index in [-0.39, 0.29) is 11.5 Å². The van der Waals surface area contributed by atoms with Crippen LogP contribution >= 0.6 is 0 Å². The zero-order valence-corrected chi connectivity index (χ0v) is 15.3. The lowest BCUT2D eigenvalue weighted by Crippen LogP contribution is -2.34. The molecule has 140 valence electrons. The Bertz CT molecular complexity index is 988. The van der Waals surface area contributed by atoms with Crippen LogP contribution in [0.4, 0.5) is 4.39 Å². The van der Waals surface area contributed by atoms with Crippen LogP contribution in [0.25, 0.3) is 10.9 Å². The molecule has 0 atom stereocenters. The predicted molar refractivity (Wildman–Crippen MR) is 104 cm³/mol. The zero-order valence-electron chi connectivity index (χ0n) is 15.3. The number of fused-ring (bicyclic) bond motifs is 1. The highest BCUT2D eigenvalue weighted by Crippen LogP contribution is 2.29. The summed E-state index contributed by atoms with van der Waals surface area (Å²) in [6.45, 7) is 2.89. The second kappa shape index (κ2) is 7.16. The molecular weight excluding hydrogens is 343 g/mol. The second-order valence-electron chi connectivity index (χ2n) is 7.37. The van der Waals surface area contributed by atoms with Crippen molar-refractivity contribution in [2.75, 3.05) is 0 Å². The van der Waals surface area contributed by atoms with Crippen LogP contribution in [-0.2, 0) is 13.1 Å². The third-order valence-electron chi connectivity index (χ3n) is 5.47. The molecule has 1 aliphatic carbocycles. The fraction of sp³-hybridized carbons (Fsp3) is 0.318. The molecule has 1 heterocycles. The minimum absolute atomic E-state index is 0.239. The van der Waals surface area contributed by atoms with E-state index in [2.05, 4.69) is 5.32 Å². The van der Waals surface area contributed by atoms with E-state index < -0.39 is 5.97 Å². The molecule has 1 saturated carbocycles. The van der Waals surface area contributed by atoms with Crippen molar-refractivity contribution in [3.05, 3.63) is 70.7 Å². The van der Waals surface area contributed by atoms with Gasteiger partial charge < -0.3 is 15.0 Å². The molecule has 1 aliphatic rings. The average molecular weight is 366 g/mol. The molecular formula is C22H23FN2O2. The Balaban J connectivity index is 1.81. The van der Waals surface area contributed by atoms with E-state index in [1.54, 1.807) is 10.6 Å². The summed E-state index contributed by atoms with van der Waals surface area (Å²) in [6.07, 6.45) is 3.46. The first-order chi connectivity index (χ1) is 13.0. The van der Waals surface area contributed by atoms with Gasteiger partial charge in [0, 0.05) is 30.1 Å². The molecule has 4 rings (SSSR count). The van der Waals surface area contributed by atoms with Gasteiger partial charge in [-0.25, -0.2) is 9.18 Å². The van der Waals surface area contributed by atoms with Gasteiger partial charge in [0.2, 0.25) is 0 Å². The van der Waals surface area contributed by atoms with E-state index in [0.29, 0.717) is 24.6 Å². The maximum Gasteiger partial charge on any atom is 0.352 e. The topological polar surface area (TPSA) is 54.3 Å². The smallest absolute Gasteiger partial charge is 0.352 e. The molecule has 27 heavy (non-hydrogen) atoms. The fourth-order valence-electron chi connectivity index (χ4n) is 3.72. The first-order valence-corrected chi connectivity index (χ1v) is 9.36. The maximum atomic E-state index is 14.0. The van der Waals surface area contributed by atoms with Crippen LogP contribution in [0.1, 0.15) is 46.4 Å². The van der Waals surface area contributed by atoms with Crippen molar-refractivity contribution in [2.24, 2.45) is 0 Å². The van der Waals surface area contributed by atoms with Crippen molar-refractivity contribution < 1.29 is 14.3 Å². The monoisotopic (exact) mass is 366 g/mol. The largest absolute Gasteiger partial charge is 0.477 e. The number of benzene rings is 2. The van der Waals surface area contributed by atoms with E-state index in [9.17, 15) is 14.3 Å². The number of carbonyl (C=O) groups is 1. The molecule has 3 aromatic rings. The third-order valence-corrected chi connectivity index (χ3v) is 5.47. The minimum Gasteiger partial charge on any atom is -0.477 e. The van der Waals surface area contributed by atoms with Gasteiger partial charge in [-0.15, -0.1) is 0 Å². The van der Waals surface area contributed by atoms with E-state index in [1.165, 1.54) is 18.6 Å². The Kier molecular flexibility index (Phi) is 4.70. The van der Waals surface area contributed by atoms with Crippen LogP contribution in [-0.4, -0.2) is 21.7 Å². The van der Waals surface area contributed by atoms with Gasteiger partial charge in [0.25, 0.3) is 0 Å². The average Bonchev–Trinajstić information content (AvgIpc) is 2.89. The van der Waals surface area contributed by atoms with E-state index in [0.717, 1.165) is 34.9 Å². The van der Waals surface area contributed by atoms with Gasteiger partial charge in [0.05, 0.1) is 5.52 Å². The summed E-state index contributed by atoms with van der Waals surface area (Å²) >= 11 is 0. The highest BCUT2D eigenvalue weighted by molar-refractivity contribution is 5.98. The van der Waals surface area contributed by atoms with Crippen molar-refractivity contribution in [3.63, 3.8) is 0 Å². The Morgan fingerprint density at radius 2 is 1.96 bits per heavy atom. The molecule has 5 heteroatoms. The number of nitrogens with one attached hydrogen (secondary N) is 1. The molecule has 0 unspecified atom stereocenters. The molecule has 0 amide bonds. The van der Waals surface area contributed by atoms with Crippen LogP contribution in [0.15, 0.2) is 42.5 Å². The molecule has 0 aliphatic heterocycles. The Morgan fingerprint density at radius 3 is 2.59 bits per heavy atom. The normalized spacial score (nSPS) is 14.4. The SMILES string of the molecule is Cc1ccc(Cn2c(C(=O)O)c(CNC3CCC3)c3ccc(F)cc32)cc1. The number of hydrogen-bond acceptors (Lipinski definition) is 2. The minimum atomic E-state index is -0.982. The van der Waals surface area contributed by atoms with Gasteiger partial charge in [0.1, 0.15) is 11.5 Å². The summed E-state index contributed by atoms with van der Waals surface area (Å²) in [5.74, 6) is -1.34. The Hall–Kier alpha value is -2.66. The van der Waals surface area contributed by atoms with Crippen LogP contribution in [0.5, 0.6) is 0 Å². The maximum absolute atomic E-state index is 14.0. The summed E-state index contributed by atoms with van der Waals surface area (Å²) in [7, 11) is 0. The summed E-state index contributed by atoms with van der Waals surface area (Å²) < 4.78 is 15.7. The lowest BCUT2D eigenvalue weighted by Gasteiger charge is -2.26. The number of aryl methyl sites for hydroxylation is 1. The molecule has 0 spiro atoms. The molecule has 0 bridgehead atoms. The number of halogens is 1. The third kappa shape index (κ3) is 3.47. The lowest BCUT2D eigenvalue weighted by molar-refractivity contribution is 0.0684. The molecule has 1 aromatic heterocycles. The zero-order chi connectivity index (χ0) is 19.0. The van der Waals surface area contributed by atoms with Crippen LogP contribution in [0, 0.1) is 12.7 Å². The number of hydrogen-bond donors (Lipinski definition) is 2. The van der Waals surface area contributed by atoms with Crippen LogP contribution in [0.2, 0.25) is 0 Å². The Labute approximate surface area is 157 Å². The molecule has 0 radical (unpaired) electrons. The van der Waals surface area contributed by atoms with Gasteiger partial charge in [-0.2, -0.15) is 0 Å². The number of carboxylic acids is 1. The number of rotatable bonds is 6. The second-order valence-corrected chi connectivity index (χ2v) is 7.37. The van der Waals surface area contributed by atoms with Crippen molar-refractivity contribution >= 4 is 16.9 Å². The molecule has 1 fully saturated rings. The number of carboxylic acid groups (broad SMARTS) is 1. The van der Waals surface area contributed by atoms with Crippen molar-refractivity contribution in [1.29, 1.82) is 0 Å². The molecule has 0 saturated heterocycles. The molecule has 4 nitrogen and oxygen atoms in total. The fourth-order valence-corrected chi connectivity index (χ4v) is 3.72. The van der Waals surface area contributed by atoms with Crippen molar-refractivity contribution in [3.8, 4) is 0 Å². The number of aromatic carboxylic acids is 1. The van der Waals surface area contributed by atoms with Gasteiger partial charge in [0.15, 0.2) is 0 Å². The van der Waals surface area contributed by atoms with Crippen molar-refractivity contribution in [1.82, 2.24) is 9.88 Å². The summed E-state index contributed by atoms with van der Waals surface area (Å²) in [4.78, 5) is 12.1. The van der Waals surface area contributed by atoms with Crippen LogP contribution in [0.3, 0.4) is 0 Å². The first-order valence-electron chi connectivity index (χ1n) is 9.36. The van der Waals surface area contributed by atoms with Gasteiger partial charge in [-0.3, -0.25) is 0 Å². The predicted octanol–water partition coefficient (Wildman–Crippen LogP) is 4.48.